The van der Waals surface area contributed by atoms with Crippen LogP contribution in [0.25, 0.3) is 195 Å². The van der Waals surface area contributed by atoms with Gasteiger partial charge in [0.2, 0.25) is 0 Å². The van der Waals surface area contributed by atoms with E-state index in [9.17, 15) is 0 Å². The predicted molar refractivity (Wildman–Crippen MR) is 637 cm³/mol. The Balaban J connectivity index is 0.000000144. The third-order valence-corrected chi connectivity index (χ3v) is 32.0. The van der Waals surface area contributed by atoms with Crippen molar-refractivity contribution in [2.45, 2.75) is 19.3 Å². The maximum Gasteiger partial charge on any atom is 0.143 e. The minimum Gasteiger partial charge on any atom is -0.455 e. The fourth-order valence-corrected chi connectivity index (χ4v) is 24.8. The number of fused-ring (bicyclic) bond motifs is 23. The Morgan fingerprint density at radius 2 is 0.477 bits per heavy atom. The van der Waals surface area contributed by atoms with Crippen LogP contribution in [0, 0.1) is 0 Å². The molecule has 0 spiro atoms. The van der Waals surface area contributed by atoms with Crippen LogP contribution in [0.1, 0.15) is 25.0 Å². The number of nitrogens with zero attached hydrogens (tertiary/aromatic N) is 4. The highest BCUT2D eigenvalue weighted by atomic mass is 32.1. The number of hydrogen-bond donors (Lipinski definition) is 0. The lowest BCUT2D eigenvalue weighted by molar-refractivity contribution is 0.660. The normalized spacial score (nSPS) is 12.1. The summed E-state index contributed by atoms with van der Waals surface area (Å²) >= 11 is 1.86. The molecule has 2 aromatic heterocycles. The minimum atomic E-state index is -0.265. The molecule has 0 saturated carbocycles. The fourth-order valence-electron chi connectivity index (χ4n) is 23.7. The van der Waals surface area contributed by atoms with E-state index in [2.05, 4.69) is 573 Å². The summed E-state index contributed by atoms with van der Waals surface area (Å²) in [5.41, 5.74) is 31.9. The molecule has 0 bridgehead atoms. The second kappa shape index (κ2) is 36.4. The number of rotatable bonds is 17. The molecule has 6 heteroatoms. The molecule has 2 heterocycles. The number of thiophene rings is 1. The molecule has 1 aliphatic carbocycles. The zero-order valence-corrected chi connectivity index (χ0v) is 82.9. The second-order valence-electron chi connectivity index (χ2n) is 39.6. The third-order valence-electron chi connectivity index (χ3n) is 30.9. The van der Waals surface area contributed by atoms with E-state index < -0.39 is 0 Å². The standard InChI is InChI=1S/C74H48N2O.C69H48N2S/c1-2-18-53(19-3-1)76(72-30-14-17-51-16-4-5-20-59(51)72)56-40-34-50(35-41-56)49-32-38-54(39-33-49)75(57-44-45-67-64-25-9-8-23-62(64)63-24-10-11-26-65(63)71(67)48-57)55-42-36-52(37-43-55)58-46-47-66(61-22-7-6-21-60(58)61)69-28-15-29-70-68-27-12-13-31-73(68)77-74(69)70;1-69(2)65-43-53(70(49-15-5-3-6-16-49)50-17-7-4-8-18-50)35-38-60(65)61-39-36-54(44-66(61)69)71(52-34-37-59-57-21-10-9-19-55(57)56-20-11-12-22-58(56)63(59)42-52)51-32-29-46(30-33-51)45-25-27-47(28-26-45)48-31-40-68-64(41-48)62-23-13-14-24-67(62)72-68/h1-48H;3-44H,1-2H3. The van der Waals surface area contributed by atoms with Gasteiger partial charge in [-0.1, -0.05) is 396 Å². The van der Waals surface area contributed by atoms with Crippen molar-refractivity contribution in [3.05, 3.63) is 557 Å². The van der Waals surface area contributed by atoms with E-state index in [4.69, 9.17) is 4.42 Å². The number of anilines is 12. The van der Waals surface area contributed by atoms with E-state index in [0.29, 0.717) is 0 Å². The van der Waals surface area contributed by atoms with Crippen LogP contribution < -0.4 is 19.6 Å². The highest BCUT2D eigenvalue weighted by Crippen LogP contribution is 2.55. The van der Waals surface area contributed by atoms with Gasteiger partial charge in [0, 0.05) is 110 Å². The van der Waals surface area contributed by atoms with E-state index in [1.807, 2.05) is 17.4 Å². The number of furan rings is 1. The Bertz CT molecular complexity index is 10000. The Hall–Kier alpha value is -19.0. The Morgan fingerprint density at radius 3 is 0.973 bits per heavy atom. The molecule has 0 fully saturated rings. The van der Waals surface area contributed by atoms with Gasteiger partial charge in [-0.05, 0) is 317 Å². The van der Waals surface area contributed by atoms with Gasteiger partial charge in [-0.2, -0.15) is 0 Å². The molecule has 0 amide bonds. The van der Waals surface area contributed by atoms with Crippen LogP contribution in [0.4, 0.5) is 68.2 Å². The van der Waals surface area contributed by atoms with Crippen molar-refractivity contribution in [1.82, 2.24) is 0 Å². The Kier molecular flexibility index (Phi) is 21.4. The first-order valence-electron chi connectivity index (χ1n) is 51.3. The van der Waals surface area contributed by atoms with Gasteiger partial charge in [0.25, 0.3) is 0 Å². The van der Waals surface area contributed by atoms with Gasteiger partial charge >= 0.3 is 0 Å². The van der Waals surface area contributed by atoms with Crippen LogP contribution in [-0.4, -0.2) is 0 Å². The molecule has 5 nitrogen and oxygen atoms in total. The SMILES string of the molecule is CC1(C)c2cc(N(c3ccccc3)c3ccccc3)ccc2-c2ccc(N(c3ccc(-c4ccc(-c5ccc6sc7ccccc7c6c5)cc4)cc3)c3ccc4c5ccccc5c5ccccc5c4c3)cc21.c1ccc(N(c2ccc(-c3ccc(N(c4ccc(-c5ccc(-c6cccc7c6oc6ccccc67)c6ccccc56)cc4)c4ccc5c6ccccc6c6ccccc6c5c4)cc3)cc2)c2cccc3ccccc23)cc1. The molecular formula is C143H96N4OS. The van der Waals surface area contributed by atoms with Crippen molar-refractivity contribution < 1.29 is 4.42 Å². The summed E-state index contributed by atoms with van der Waals surface area (Å²) in [6.45, 7) is 4.78. The Morgan fingerprint density at radius 1 is 0.168 bits per heavy atom. The molecular weight excluding hydrogens is 1820 g/mol. The van der Waals surface area contributed by atoms with E-state index in [0.717, 1.165) is 118 Å². The first-order valence-corrected chi connectivity index (χ1v) is 52.1. The first-order chi connectivity index (χ1) is 73.6. The van der Waals surface area contributed by atoms with Crippen molar-refractivity contribution in [2.24, 2.45) is 0 Å². The topological polar surface area (TPSA) is 26.1 Å². The molecule has 149 heavy (non-hydrogen) atoms. The van der Waals surface area contributed by atoms with E-state index in [-0.39, 0.29) is 5.41 Å². The van der Waals surface area contributed by atoms with Gasteiger partial charge in [0.15, 0.2) is 0 Å². The van der Waals surface area contributed by atoms with Crippen LogP contribution in [0.3, 0.4) is 0 Å². The average molecular weight is 1920 g/mol. The van der Waals surface area contributed by atoms with E-state index in [1.165, 1.54) is 156 Å². The van der Waals surface area contributed by atoms with Crippen LogP contribution in [-0.2, 0) is 5.41 Å². The fraction of sp³-hybridized carbons (Fsp3) is 0.0210. The van der Waals surface area contributed by atoms with Crippen molar-refractivity contribution >= 4 is 208 Å². The van der Waals surface area contributed by atoms with Crippen LogP contribution in [0.5, 0.6) is 0 Å². The predicted octanol–water partition coefficient (Wildman–Crippen LogP) is 41.4. The van der Waals surface area contributed by atoms with Crippen LogP contribution in [0.2, 0.25) is 0 Å². The summed E-state index contributed by atoms with van der Waals surface area (Å²) in [6.07, 6.45) is 0. The molecule has 0 unspecified atom stereocenters. The van der Waals surface area contributed by atoms with Crippen molar-refractivity contribution in [3.8, 4) is 66.8 Å². The molecule has 0 saturated heterocycles. The van der Waals surface area contributed by atoms with Gasteiger partial charge in [-0.15, -0.1) is 11.3 Å². The van der Waals surface area contributed by atoms with Crippen molar-refractivity contribution in [2.75, 3.05) is 19.6 Å². The van der Waals surface area contributed by atoms with Gasteiger partial charge in [0.1, 0.15) is 11.2 Å². The lowest BCUT2D eigenvalue weighted by Crippen LogP contribution is -2.17. The molecule has 28 aromatic rings. The molecule has 0 radical (unpaired) electrons. The van der Waals surface area contributed by atoms with Gasteiger partial charge < -0.3 is 24.0 Å². The van der Waals surface area contributed by atoms with E-state index in [1.54, 1.807) is 0 Å². The lowest BCUT2D eigenvalue weighted by Gasteiger charge is -2.29. The highest BCUT2D eigenvalue weighted by molar-refractivity contribution is 7.25. The van der Waals surface area contributed by atoms with Crippen molar-refractivity contribution in [3.63, 3.8) is 0 Å². The number of benzene rings is 26. The zero-order valence-electron chi connectivity index (χ0n) is 82.1. The summed E-state index contributed by atoms with van der Waals surface area (Å²) in [4.78, 5) is 9.58. The summed E-state index contributed by atoms with van der Waals surface area (Å²) in [7, 11) is 0. The molecule has 0 N–H and O–H groups in total. The zero-order chi connectivity index (χ0) is 98.7. The number of para-hydroxylation sites is 5. The van der Waals surface area contributed by atoms with E-state index >= 15 is 0 Å². The number of hydrogen-bond acceptors (Lipinski definition) is 6. The van der Waals surface area contributed by atoms with Crippen LogP contribution >= 0.6 is 11.3 Å². The summed E-state index contributed by atoms with van der Waals surface area (Å²) < 4.78 is 9.21. The maximum absolute atomic E-state index is 6.55. The third kappa shape index (κ3) is 15.3. The van der Waals surface area contributed by atoms with Crippen molar-refractivity contribution in [1.29, 1.82) is 0 Å². The minimum absolute atomic E-state index is 0.265. The smallest absolute Gasteiger partial charge is 0.143 e. The molecule has 700 valence electrons. The summed E-state index contributed by atoms with van der Waals surface area (Å²) in [6, 6.07) is 200. The van der Waals surface area contributed by atoms with Crippen LogP contribution in [0.15, 0.2) is 550 Å². The molecule has 29 rings (SSSR count). The molecule has 0 aliphatic heterocycles. The Labute approximate surface area is 868 Å². The van der Waals surface area contributed by atoms with Gasteiger partial charge in [0.05, 0.1) is 5.69 Å². The molecule has 1 aliphatic rings. The average Bonchev–Trinajstić information content (AvgIpc) is 1.53. The monoisotopic (exact) mass is 1920 g/mol. The summed E-state index contributed by atoms with van der Waals surface area (Å²) in [5, 5.41) is 24.8. The largest absolute Gasteiger partial charge is 0.455 e. The second-order valence-corrected chi connectivity index (χ2v) is 40.7. The first kappa shape index (κ1) is 87.8. The highest BCUT2D eigenvalue weighted by Gasteiger charge is 2.38. The molecule has 26 aromatic carbocycles. The molecule has 0 atom stereocenters. The quantitative estimate of drug-likeness (QED) is 0.0847. The maximum atomic E-state index is 6.55. The lowest BCUT2D eigenvalue weighted by atomic mass is 9.82. The van der Waals surface area contributed by atoms with Gasteiger partial charge in [-0.3, -0.25) is 0 Å². The van der Waals surface area contributed by atoms with Gasteiger partial charge in [-0.25, -0.2) is 0 Å². The summed E-state index contributed by atoms with van der Waals surface area (Å²) in [5.74, 6) is 0.